The summed E-state index contributed by atoms with van der Waals surface area (Å²) in [5.41, 5.74) is 9.18. The number of carbonyl (C=O) groups excluding carboxylic acids is 1. The Labute approximate surface area is 122 Å². The van der Waals surface area contributed by atoms with E-state index in [0.717, 1.165) is 18.4 Å². The van der Waals surface area contributed by atoms with E-state index >= 15 is 0 Å². The lowest BCUT2D eigenvalue weighted by Crippen LogP contribution is -2.12. The summed E-state index contributed by atoms with van der Waals surface area (Å²) in [5.74, 6) is -0.460. The Morgan fingerprint density at radius 3 is 2.90 bits per heavy atom. The van der Waals surface area contributed by atoms with E-state index in [-0.39, 0.29) is 0 Å². The first-order valence-corrected chi connectivity index (χ1v) is 7.14. The van der Waals surface area contributed by atoms with Gasteiger partial charge in [0.15, 0.2) is 0 Å². The first-order chi connectivity index (χ1) is 9.65. The zero-order valence-corrected chi connectivity index (χ0v) is 11.9. The van der Waals surface area contributed by atoms with Gasteiger partial charge in [-0.25, -0.2) is 4.98 Å². The second kappa shape index (κ2) is 5.29. The quantitative estimate of drug-likeness (QED) is 0.944. The monoisotopic (exact) mass is 289 g/mol. The number of aromatic nitrogens is 2. The van der Waals surface area contributed by atoms with Crippen LogP contribution in [0.4, 0.5) is 0 Å². The molecule has 20 heavy (non-hydrogen) atoms. The van der Waals surface area contributed by atoms with Gasteiger partial charge in [0, 0.05) is 16.3 Å². The van der Waals surface area contributed by atoms with Crippen molar-refractivity contribution in [2.45, 2.75) is 32.2 Å². The van der Waals surface area contributed by atoms with Crippen molar-refractivity contribution in [3.63, 3.8) is 0 Å². The molecule has 1 aliphatic rings. The fourth-order valence-corrected chi connectivity index (χ4v) is 2.92. The van der Waals surface area contributed by atoms with Gasteiger partial charge < -0.3 is 10.3 Å². The summed E-state index contributed by atoms with van der Waals surface area (Å²) in [5, 5.41) is 0.569. The minimum absolute atomic E-state index is 0.436. The molecule has 1 aliphatic carbocycles. The van der Waals surface area contributed by atoms with Crippen LogP contribution in [0.2, 0.25) is 5.02 Å². The van der Waals surface area contributed by atoms with E-state index in [2.05, 4.69) is 9.55 Å². The van der Waals surface area contributed by atoms with Crippen LogP contribution in [0.1, 0.15) is 40.2 Å². The molecule has 2 N–H and O–H groups in total. The number of amides is 1. The normalized spacial score (nSPS) is 14.1. The molecule has 0 radical (unpaired) electrons. The second-order valence-electron chi connectivity index (χ2n) is 5.14. The SMILES string of the molecule is NC(=O)c1ccc(Cn2cnc3c2CCCC3)c(Cl)c1. The van der Waals surface area contributed by atoms with Gasteiger partial charge in [-0.3, -0.25) is 4.79 Å². The van der Waals surface area contributed by atoms with E-state index in [9.17, 15) is 4.79 Å². The van der Waals surface area contributed by atoms with Crippen LogP contribution in [0.15, 0.2) is 24.5 Å². The van der Waals surface area contributed by atoms with Crippen LogP contribution in [0.3, 0.4) is 0 Å². The lowest BCUT2D eigenvalue weighted by molar-refractivity contribution is 0.100. The number of halogens is 1. The molecule has 104 valence electrons. The molecule has 0 aliphatic heterocycles. The Balaban J connectivity index is 1.88. The largest absolute Gasteiger partial charge is 0.366 e. The summed E-state index contributed by atoms with van der Waals surface area (Å²) in [7, 11) is 0. The third-order valence-electron chi connectivity index (χ3n) is 3.79. The molecule has 0 spiro atoms. The highest BCUT2D eigenvalue weighted by Crippen LogP contribution is 2.23. The number of imidazole rings is 1. The van der Waals surface area contributed by atoms with Gasteiger partial charge >= 0.3 is 0 Å². The number of hydrogen-bond donors (Lipinski definition) is 1. The molecular weight excluding hydrogens is 274 g/mol. The Kier molecular flexibility index (Phi) is 3.49. The van der Waals surface area contributed by atoms with Gasteiger partial charge in [-0.05, 0) is 43.4 Å². The maximum atomic E-state index is 11.1. The van der Waals surface area contributed by atoms with E-state index in [0.29, 0.717) is 17.1 Å². The van der Waals surface area contributed by atoms with E-state index in [4.69, 9.17) is 17.3 Å². The van der Waals surface area contributed by atoms with Crippen molar-refractivity contribution in [3.8, 4) is 0 Å². The van der Waals surface area contributed by atoms with Crippen molar-refractivity contribution < 1.29 is 4.79 Å². The van der Waals surface area contributed by atoms with Crippen LogP contribution in [-0.2, 0) is 19.4 Å². The van der Waals surface area contributed by atoms with Crippen LogP contribution >= 0.6 is 11.6 Å². The predicted molar refractivity (Wildman–Crippen MR) is 77.9 cm³/mol. The summed E-state index contributed by atoms with van der Waals surface area (Å²) in [6.45, 7) is 0.681. The van der Waals surface area contributed by atoms with Gasteiger partial charge in [-0.2, -0.15) is 0 Å². The molecule has 1 aromatic carbocycles. The zero-order valence-electron chi connectivity index (χ0n) is 11.1. The molecule has 0 saturated carbocycles. The third kappa shape index (κ3) is 2.43. The van der Waals surface area contributed by atoms with Crippen molar-refractivity contribution in [2.75, 3.05) is 0 Å². The smallest absolute Gasteiger partial charge is 0.248 e. The number of hydrogen-bond acceptors (Lipinski definition) is 2. The molecule has 0 unspecified atom stereocenters. The molecule has 1 aromatic heterocycles. The molecule has 0 atom stereocenters. The van der Waals surface area contributed by atoms with Crippen molar-refractivity contribution >= 4 is 17.5 Å². The number of nitrogens with zero attached hydrogens (tertiary/aromatic N) is 2. The minimum atomic E-state index is -0.460. The number of fused-ring (bicyclic) bond motifs is 1. The molecule has 4 nitrogen and oxygen atoms in total. The number of benzene rings is 1. The van der Waals surface area contributed by atoms with Gasteiger partial charge in [0.25, 0.3) is 0 Å². The standard InChI is InChI=1S/C15H16ClN3O/c16-12-7-10(15(17)20)5-6-11(12)8-19-9-18-13-3-1-2-4-14(13)19/h5-7,9H,1-4,8H2,(H2,17,20). The van der Waals surface area contributed by atoms with E-state index in [1.54, 1.807) is 12.1 Å². The molecule has 1 heterocycles. The minimum Gasteiger partial charge on any atom is -0.366 e. The molecule has 2 aromatic rings. The summed E-state index contributed by atoms with van der Waals surface area (Å²) in [4.78, 5) is 15.6. The third-order valence-corrected chi connectivity index (χ3v) is 4.14. The Bertz CT molecular complexity index is 663. The average Bonchev–Trinajstić information content (AvgIpc) is 2.84. The van der Waals surface area contributed by atoms with E-state index in [1.165, 1.54) is 24.2 Å². The number of primary amides is 1. The van der Waals surface area contributed by atoms with Crippen molar-refractivity contribution in [1.29, 1.82) is 0 Å². The van der Waals surface area contributed by atoms with E-state index < -0.39 is 5.91 Å². The fourth-order valence-electron chi connectivity index (χ4n) is 2.68. The molecular formula is C15H16ClN3O. The van der Waals surface area contributed by atoms with Crippen LogP contribution in [0, 0.1) is 0 Å². The lowest BCUT2D eigenvalue weighted by atomic mass is 10.0. The maximum Gasteiger partial charge on any atom is 0.248 e. The molecule has 0 saturated heterocycles. The zero-order chi connectivity index (χ0) is 14.1. The summed E-state index contributed by atoms with van der Waals surface area (Å²) >= 11 is 6.23. The van der Waals surface area contributed by atoms with Crippen molar-refractivity contribution in [1.82, 2.24) is 9.55 Å². The highest BCUT2D eigenvalue weighted by atomic mass is 35.5. The van der Waals surface area contributed by atoms with Gasteiger partial charge in [0.05, 0.1) is 18.6 Å². The van der Waals surface area contributed by atoms with Gasteiger partial charge in [-0.15, -0.1) is 0 Å². The number of aryl methyl sites for hydroxylation is 1. The number of nitrogens with two attached hydrogens (primary N) is 1. The Morgan fingerprint density at radius 2 is 2.15 bits per heavy atom. The van der Waals surface area contributed by atoms with Crippen LogP contribution < -0.4 is 5.73 Å². The van der Waals surface area contributed by atoms with Crippen molar-refractivity contribution in [2.24, 2.45) is 5.73 Å². The van der Waals surface area contributed by atoms with Gasteiger partial charge in [-0.1, -0.05) is 17.7 Å². The molecule has 1 amide bonds. The van der Waals surface area contributed by atoms with Gasteiger partial charge in [0.2, 0.25) is 5.91 Å². The molecule has 5 heteroatoms. The summed E-state index contributed by atoms with van der Waals surface area (Å²) < 4.78 is 2.15. The Hall–Kier alpha value is -1.81. The highest BCUT2D eigenvalue weighted by Gasteiger charge is 2.16. The topological polar surface area (TPSA) is 60.9 Å². The summed E-state index contributed by atoms with van der Waals surface area (Å²) in [6, 6.07) is 5.20. The van der Waals surface area contributed by atoms with Crippen LogP contribution in [-0.4, -0.2) is 15.5 Å². The first-order valence-electron chi connectivity index (χ1n) is 6.76. The highest BCUT2D eigenvalue weighted by molar-refractivity contribution is 6.31. The average molecular weight is 290 g/mol. The lowest BCUT2D eigenvalue weighted by Gasteiger charge is -2.14. The second-order valence-corrected chi connectivity index (χ2v) is 5.55. The van der Waals surface area contributed by atoms with Crippen LogP contribution in [0.5, 0.6) is 0 Å². The predicted octanol–water partition coefficient (Wildman–Crippen LogP) is 2.56. The van der Waals surface area contributed by atoms with Crippen molar-refractivity contribution in [3.05, 3.63) is 52.1 Å². The molecule has 0 bridgehead atoms. The first kappa shape index (κ1) is 13.2. The van der Waals surface area contributed by atoms with Crippen LogP contribution in [0.25, 0.3) is 0 Å². The number of carbonyl (C=O) groups is 1. The molecule has 0 fully saturated rings. The Morgan fingerprint density at radius 1 is 1.35 bits per heavy atom. The maximum absolute atomic E-state index is 11.1. The summed E-state index contributed by atoms with van der Waals surface area (Å²) in [6.07, 6.45) is 6.46. The number of rotatable bonds is 3. The fraction of sp³-hybridized carbons (Fsp3) is 0.333. The molecule has 3 rings (SSSR count). The van der Waals surface area contributed by atoms with Gasteiger partial charge in [0.1, 0.15) is 0 Å². The van der Waals surface area contributed by atoms with E-state index in [1.807, 2.05) is 12.4 Å².